The second kappa shape index (κ2) is 6.69. The van der Waals surface area contributed by atoms with Gasteiger partial charge in [0.1, 0.15) is 5.82 Å². The molecule has 3 rings (SSSR count). The second-order valence-corrected chi connectivity index (χ2v) is 4.92. The van der Waals surface area contributed by atoms with Crippen LogP contribution in [0.3, 0.4) is 0 Å². The number of aryl methyl sites for hydroxylation is 2. The number of nitrogens with one attached hydrogen (secondary N) is 1. The maximum absolute atomic E-state index is 12.2. The summed E-state index contributed by atoms with van der Waals surface area (Å²) in [6.45, 7) is 0.655. The van der Waals surface area contributed by atoms with Crippen LogP contribution in [0.4, 0.5) is 11.6 Å². The third kappa shape index (κ3) is 3.52. The largest absolute Gasteiger partial charge is 0.382 e. The van der Waals surface area contributed by atoms with Crippen molar-refractivity contribution in [3.63, 3.8) is 0 Å². The lowest BCUT2D eigenvalue weighted by atomic mass is 10.1. The van der Waals surface area contributed by atoms with Crippen LogP contribution in [0.2, 0.25) is 0 Å². The molecule has 7 nitrogen and oxygen atoms in total. The third-order valence-corrected chi connectivity index (χ3v) is 3.35. The first-order chi connectivity index (χ1) is 11.2. The van der Waals surface area contributed by atoms with Gasteiger partial charge in [-0.2, -0.15) is 5.10 Å². The average molecular weight is 308 g/mol. The van der Waals surface area contributed by atoms with Gasteiger partial charge in [0.25, 0.3) is 5.91 Å². The second-order valence-electron chi connectivity index (χ2n) is 4.92. The summed E-state index contributed by atoms with van der Waals surface area (Å²) in [5.74, 6) is 0.286. The number of nitrogens with zero attached hydrogens (tertiary/aromatic N) is 4. The van der Waals surface area contributed by atoms with Crippen molar-refractivity contribution >= 4 is 17.5 Å². The number of nitrogens with two attached hydrogens (primary N) is 1. The Hall–Kier alpha value is -3.22. The van der Waals surface area contributed by atoms with Crippen LogP contribution in [0.5, 0.6) is 0 Å². The molecule has 7 heteroatoms. The van der Waals surface area contributed by atoms with E-state index in [1.165, 1.54) is 18.0 Å². The van der Waals surface area contributed by atoms with Gasteiger partial charge in [0.15, 0.2) is 11.5 Å². The smallest absolute Gasteiger partial charge is 0.279 e. The molecule has 0 aliphatic heterocycles. The number of hydrogen-bond donors (Lipinski definition) is 2. The minimum absolute atomic E-state index is 0.0975. The molecular weight excluding hydrogens is 292 g/mol. The van der Waals surface area contributed by atoms with Gasteiger partial charge in [0, 0.05) is 25.0 Å². The van der Waals surface area contributed by atoms with Gasteiger partial charge >= 0.3 is 0 Å². The van der Waals surface area contributed by atoms with Gasteiger partial charge in [-0.05, 0) is 12.0 Å². The zero-order valence-corrected chi connectivity index (χ0v) is 12.4. The highest BCUT2D eigenvalue weighted by atomic mass is 16.2. The van der Waals surface area contributed by atoms with E-state index in [0.29, 0.717) is 12.4 Å². The summed E-state index contributed by atoms with van der Waals surface area (Å²) in [4.78, 5) is 20.0. The fourth-order valence-electron chi connectivity index (χ4n) is 2.20. The van der Waals surface area contributed by atoms with E-state index in [0.717, 1.165) is 6.42 Å². The van der Waals surface area contributed by atoms with Gasteiger partial charge in [0.2, 0.25) is 0 Å². The molecule has 3 aromatic rings. The standard InChI is InChI=1S/C16H16N6O/c17-15-14(18-9-10-19-15)16(23)21-13-6-8-20-22(13)11-7-12-4-2-1-3-5-12/h1-6,8-10H,7,11H2,(H2,17,19)(H,21,23). The average Bonchev–Trinajstić information content (AvgIpc) is 3.01. The number of carbonyl (C=O) groups is 1. The Labute approximate surface area is 133 Å². The summed E-state index contributed by atoms with van der Waals surface area (Å²) in [5, 5.41) is 7.00. The number of amides is 1. The zero-order valence-electron chi connectivity index (χ0n) is 12.4. The monoisotopic (exact) mass is 308 g/mol. The van der Waals surface area contributed by atoms with Crippen LogP contribution < -0.4 is 11.1 Å². The third-order valence-electron chi connectivity index (χ3n) is 3.35. The molecule has 0 saturated heterocycles. The van der Waals surface area contributed by atoms with Crippen molar-refractivity contribution in [1.29, 1.82) is 0 Å². The Morgan fingerprint density at radius 2 is 1.87 bits per heavy atom. The number of benzene rings is 1. The van der Waals surface area contributed by atoms with Crippen molar-refractivity contribution in [2.45, 2.75) is 13.0 Å². The molecule has 0 radical (unpaired) electrons. The number of rotatable bonds is 5. The van der Waals surface area contributed by atoms with Crippen LogP contribution in [0.1, 0.15) is 16.1 Å². The van der Waals surface area contributed by atoms with Crippen molar-refractivity contribution < 1.29 is 4.79 Å². The minimum Gasteiger partial charge on any atom is -0.382 e. The molecule has 0 fully saturated rings. The quantitative estimate of drug-likeness (QED) is 0.748. The molecule has 0 aliphatic carbocycles. The van der Waals surface area contributed by atoms with Crippen molar-refractivity contribution in [3.8, 4) is 0 Å². The molecule has 23 heavy (non-hydrogen) atoms. The molecule has 3 N–H and O–H groups in total. The number of hydrogen-bond acceptors (Lipinski definition) is 5. The van der Waals surface area contributed by atoms with E-state index in [-0.39, 0.29) is 11.5 Å². The van der Waals surface area contributed by atoms with Crippen molar-refractivity contribution in [1.82, 2.24) is 19.7 Å². The molecule has 0 atom stereocenters. The molecule has 1 amide bonds. The highest BCUT2D eigenvalue weighted by Gasteiger charge is 2.14. The molecule has 0 saturated carbocycles. The number of anilines is 2. The molecule has 0 bridgehead atoms. The van der Waals surface area contributed by atoms with Crippen LogP contribution in [-0.4, -0.2) is 25.7 Å². The van der Waals surface area contributed by atoms with Gasteiger partial charge in [-0.25, -0.2) is 14.6 Å². The maximum atomic E-state index is 12.2. The van der Waals surface area contributed by atoms with E-state index in [2.05, 4.69) is 32.5 Å². The number of nitrogen functional groups attached to an aromatic ring is 1. The summed E-state index contributed by atoms with van der Waals surface area (Å²) in [6, 6.07) is 11.8. The lowest BCUT2D eigenvalue weighted by molar-refractivity contribution is 0.102. The van der Waals surface area contributed by atoms with Crippen LogP contribution in [-0.2, 0) is 13.0 Å². The van der Waals surface area contributed by atoms with E-state index < -0.39 is 5.91 Å². The van der Waals surface area contributed by atoms with Gasteiger partial charge in [-0.3, -0.25) is 4.79 Å². The summed E-state index contributed by atoms with van der Waals surface area (Å²) in [6.07, 6.45) is 5.33. The fraction of sp³-hybridized carbons (Fsp3) is 0.125. The molecule has 0 unspecified atom stereocenters. The molecule has 2 heterocycles. The summed E-state index contributed by atoms with van der Waals surface area (Å²) in [7, 11) is 0. The van der Waals surface area contributed by atoms with Crippen LogP contribution in [0.15, 0.2) is 55.0 Å². The topological polar surface area (TPSA) is 98.7 Å². The Kier molecular flexibility index (Phi) is 4.28. The predicted molar refractivity (Wildman–Crippen MR) is 86.8 cm³/mol. The lowest BCUT2D eigenvalue weighted by Crippen LogP contribution is -2.19. The maximum Gasteiger partial charge on any atom is 0.279 e. The molecule has 2 aromatic heterocycles. The molecule has 0 spiro atoms. The number of aromatic nitrogens is 4. The van der Waals surface area contributed by atoms with Crippen molar-refractivity contribution in [3.05, 3.63) is 66.2 Å². The Bertz CT molecular complexity index is 799. The minimum atomic E-state index is -0.405. The summed E-state index contributed by atoms with van der Waals surface area (Å²) >= 11 is 0. The highest BCUT2D eigenvalue weighted by Crippen LogP contribution is 2.12. The summed E-state index contributed by atoms with van der Waals surface area (Å²) in [5.41, 5.74) is 6.97. The lowest BCUT2D eigenvalue weighted by Gasteiger charge is -2.09. The van der Waals surface area contributed by atoms with Crippen molar-refractivity contribution in [2.24, 2.45) is 0 Å². The van der Waals surface area contributed by atoms with E-state index in [4.69, 9.17) is 5.73 Å². The summed E-state index contributed by atoms with van der Waals surface area (Å²) < 4.78 is 1.73. The normalized spacial score (nSPS) is 10.4. The Balaban J connectivity index is 1.69. The van der Waals surface area contributed by atoms with Gasteiger partial charge < -0.3 is 11.1 Å². The fourth-order valence-corrected chi connectivity index (χ4v) is 2.20. The van der Waals surface area contributed by atoms with Crippen LogP contribution >= 0.6 is 0 Å². The van der Waals surface area contributed by atoms with E-state index in [1.807, 2.05) is 18.2 Å². The Morgan fingerprint density at radius 1 is 1.09 bits per heavy atom. The first-order valence-corrected chi connectivity index (χ1v) is 7.17. The van der Waals surface area contributed by atoms with Crippen LogP contribution in [0, 0.1) is 0 Å². The Morgan fingerprint density at radius 3 is 2.65 bits per heavy atom. The predicted octanol–water partition coefficient (Wildman–Crippen LogP) is 1.75. The van der Waals surface area contributed by atoms with Gasteiger partial charge in [0.05, 0.1) is 6.20 Å². The van der Waals surface area contributed by atoms with Gasteiger partial charge in [-0.15, -0.1) is 0 Å². The molecule has 1 aromatic carbocycles. The van der Waals surface area contributed by atoms with E-state index in [1.54, 1.807) is 16.9 Å². The SMILES string of the molecule is Nc1nccnc1C(=O)Nc1ccnn1CCc1ccccc1. The van der Waals surface area contributed by atoms with Crippen LogP contribution in [0.25, 0.3) is 0 Å². The first kappa shape index (κ1) is 14.7. The highest BCUT2D eigenvalue weighted by molar-refractivity contribution is 6.05. The zero-order chi connectivity index (χ0) is 16.1. The van der Waals surface area contributed by atoms with Gasteiger partial charge in [-0.1, -0.05) is 30.3 Å². The number of carbonyl (C=O) groups excluding carboxylic acids is 1. The van der Waals surface area contributed by atoms with Crippen molar-refractivity contribution in [2.75, 3.05) is 11.1 Å². The molecule has 116 valence electrons. The molecule has 0 aliphatic rings. The van der Waals surface area contributed by atoms with E-state index >= 15 is 0 Å². The van der Waals surface area contributed by atoms with E-state index in [9.17, 15) is 4.79 Å². The first-order valence-electron chi connectivity index (χ1n) is 7.17. The molecular formula is C16H16N6O.